The lowest BCUT2D eigenvalue weighted by molar-refractivity contribution is 0.0342. The van der Waals surface area contributed by atoms with Crippen LogP contribution in [0.4, 0.5) is 5.69 Å². The van der Waals surface area contributed by atoms with Crippen LogP contribution in [0.2, 0.25) is 5.02 Å². The minimum Gasteiger partial charge on any atom is -0.497 e. The molecule has 3 rings (SSSR count). The van der Waals surface area contributed by atoms with Gasteiger partial charge in [-0.15, -0.1) is 0 Å². The molecule has 0 unspecified atom stereocenters. The largest absolute Gasteiger partial charge is 0.497 e. The van der Waals surface area contributed by atoms with Crippen LogP contribution in [-0.4, -0.2) is 51.3 Å². The quantitative estimate of drug-likeness (QED) is 0.818. The van der Waals surface area contributed by atoms with Crippen LogP contribution >= 0.6 is 11.6 Å². The summed E-state index contributed by atoms with van der Waals surface area (Å²) in [6.07, 6.45) is 0. The van der Waals surface area contributed by atoms with Crippen LogP contribution in [0, 0.1) is 0 Å². The van der Waals surface area contributed by atoms with Crippen LogP contribution in [0.15, 0.2) is 36.4 Å². The van der Waals surface area contributed by atoms with Crippen molar-refractivity contribution in [3.05, 3.63) is 52.5 Å². The van der Waals surface area contributed by atoms with Crippen molar-refractivity contribution in [2.75, 3.05) is 45.8 Å². The van der Waals surface area contributed by atoms with Gasteiger partial charge in [0.15, 0.2) is 0 Å². The molecule has 0 saturated carbocycles. The fourth-order valence-electron chi connectivity index (χ4n) is 2.90. The third-order valence-corrected chi connectivity index (χ3v) is 4.77. The molecule has 0 bridgehead atoms. The number of hydrogen-bond donors (Lipinski definition) is 1. The van der Waals surface area contributed by atoms with Crippen molar-refractivity contribution in [2.45, 2.75) is 6.54 Å². The summed E-state index contributed by atoms with van der Waals surface area (Å²) < 4.78 is 15.8. The van der Waals surface area contributed by atoms with Gasteiger partial charge in [0.25, 0.3) is 5.91 Å². The summed E-state index contributed by atoms with van der Waals surface area (Å²) in [5.41, 5.74) is 2.11. The number of amides is 1. The lowest BCUT2D eigenvalue weighted by atomic mass is 10.1. The second-order valence-electron chi connectivity index (χ2n) is 6.25. The molecule has 27 heavy (non-hydrogen) atoms. The predicted octanol–water partition coefficient (Wildman–Crippen LogP) is 3.44. The fraction of sp³-hybridized carbons (Fsp3) is 0.350. The van der Waals surface area contributed by atoms with Gasteiger partial charge in [0, 0.05) is 42.0 Å². The second-order valence-corrected chi connectivity index (χ2v) is 6.66. The van der Waals surface area contributed by atoms with Crippen LogP contribution in [0.5, 0.6) is 11.5 Å². The third-order valence-electron chi connectivity index (χ3n) is 4.42. The van der Waals surface area contributed by atoms with Crippen LogP contribution in [0.25, 0.3) is 0 Å². The van der Waals surface area contributed by atoms with Gasteiger partial charge in [-0.25, -0.2) is 0 Å². The number of methoxy groups -OCH3 is 2. The van der Waals surface area contributed by atoms with Gasteiger partial charge in [-0.05, 0) is 29.8 Å². The zero-order chi connectivity index (χ0) is 19.2. The highest BCUT2D eigenvalue weighted by Crippen LogP contribution is 2.25. The number of ether oxygens (including phenoxy) is 3. The highest BCUT2D eigenvalue weighted by Gasteiger charge is 2.14. The number of morpholine rings is 1. The number of halogens is 1. The van der Waals surface area contributed by atoms with E-state index >= 15 is 0 Å². The molecule has 1 saturated heterocycles. The molecule has 7 heteroatoms. The summed E-state index contributed by atoms with van der Waals surface area (Å²) in [7, 11) is 3.09. The Hall–Kier alpha value is -2.28. The second kappa shape index (κ2) is 9.08. The molecule has 1 fully saturated rings. The number of benzene rings is 2. The number of hydrogen-bond acceptors (Lipinski definition) is 5. The molecular formula is C20H23ClN2O4. The molecule has 2 aromatic carbocycles. The van der Waals surface area contributed by atoms with E-state index in [1.54, 1.807) is 38.5 Å². The van der Waals surface area contributed by atoms with E-state index in [4.69, 9.17) is 25.8 Å². The van der Waals surface area contributed by atoms with E-state index in [0.29, 0.717) is 27.8 Å². The Morgan fingerprint density at radius 3 is 2.37 bits per heavy atom. The van der Waals surface area contributed by atoms with Crippen LogP contribution < -0.4 is 14.8 Å². The van der Waals surface area contributed by atoms with Gasteiger partial charge in [0.05, 0.1) is 27.4 Å². The standard InChI is InChI=1S/C20H23ClN2O4/c1-25-17-9-15(10-18(12-17)26-2)20(24)22-16-4-3-14(19(21)11-16)13-23-5-7-27-8-6-23/h3-4,9-12H,5-8,13H2,1-2H3,(H,22,24). The van der Waals surface area contributed by atoms with Gasteiger partial charge in [0.2, 0.25) is 0 Å². The predicted molar refractivity (Wildman–Crippen MR) is 105 cm³/mol. The molecule has 1 aliphatic rings. The molecule has 0 atom stereocenters. The average molecular weight is 391 g/mol. The average Bonchev–Trinajstić information content (AvgIpc) is 2.70. The lowest BCUT2D eigenvalue weighted by Gasteiger charge is -2.27. The Morgan fingerprint density at radius 1 is 1.11 bits per heavy atom. The fourth-order valence-corrected chi connectivity index (χ4v) is 3.14. The maximum atomic E-state index is 12.6. The molecule has 0 aromatic heterocycles. The zero-order valence-corrected chi connectivity index (χ0v) is 16.2. The normalized spacial score (nSPS) is 14.6. The van der Waals surface area contributed by atoms with Crippen molar-refractivity contribution in [3.8, 4) is 11.5 Å². The molecule has 1 N–H and O–H groups in total. The van der Waals surface area contributed by atoms with Crippen LogP contribution in [0.3, 0.4) is 0 Å². The Kier molecular flexibility index (Phi) is 6.55. The Bertz CT molecular complexity index is 784. The molecule has 1 amide bonds. The number of nitrogens with one attached hydrogen (secondary N) is 1. The minimum atomic E-state index is -0.260. The summed E-state index contributed by atoms with van der Waals surface area (Å²) in [5.74, 6) is 0.848. The van der Waals surface area contributed by atoms with Gasteiger partial charge in [-0.2, -0.15) is 0 Å². The van der Waals surface area contributed by atoms with E-state index in [1.165, 1.54) is 0 Å². The summed E-state index contributed by atoms with van der Waals surface area (Å²) in [4.78, 5) is 14.9. The van der Waals surface area contributed by atoms with E-state index in [2.05, 4.69) is 10.2 Å². The summed E-state index contributed by atoms with van der Waals surface area (Å²) in [6, 6.07) is 10.6. The SMILES string of the molecule is COc1cc(OC)cc(C(=O)Nc2ccc(CN3CCOCC3)c(Cl)c2)c1. The molecule has 0 aliphatic carbocycles. The van der Waals surface area contributed by atoms with E-state index in [-0.39, 0.29) is 5.91 Å². The first-order chi connectivity index (χ1) is 13.1. The topological polar surface area (TPSA) is 60.0 Å². The summed E-state index contributed by atoms with van der Waals surface area (Å²) in [5, 5.41) is 3.49. The van der Waals surface area contributed by atoms with Gasteiger partial charge < -0.3 is 19.5 Å². The van der Waals surface area contributed by atoms with Crippen molar-refractivity contribution in [3.63, 3.8) is 0 Å². The smallest absolute Gasteiger partial charge is 0.255 e. The van der Waals surface area contributed by atoms with Crippen LogP contribution in [0.1, 0.15) is 15.9 Å². The highest BCUT2D eigenvalue weighted by atomic mass is 35.5. The molecule has 2 aromatic rings. The maximum absolute atomic E-state index is 12.6. The van der Waals surface area contributed by atoms with Gasteiger partial charge in [-0.3, -0.25) is 9.69 Å². The maximum Gasteiger partial charge on any atom is 0.255 e. The number of nitrogens with zero attached hydrogens (tertiary/aromatic N) is 1. The summed E-state index contributed by atoms with van der Waals surface area (Å²) in [6.45, 7) is 4.05. The summed E-state index contributed by atoms with van der Waals surface area (Å²) >= 11 is 6.42. The van der Waals surface area contributed by atoms with E-state index in [0.717, 1.165) is 38.4 Å². The lowest BCUT2D eigenvalue weighted by Crippen LogP contribution is -2.35. The zero-order valence-electron chi connectivity index (χ0n) is 15.5. The molecule has 144 valence electrons. The molecule has 0 spiro atoms. The monoisotopic (exact) mass is 390 g/mol. The molecule has 0 radical (unpaired) electrons. The van der Waals surface area contributed by atoms with E-state index < -0.39 is 0 Å². The number of anilines is 1. The van der Waals surface area contributed by atoms with Crippen molar-refractivity contribution in [1.29, 1.82) is 0 Å². The minimum absolute atomic E-state index is 0.260. The Morgan fingerprint density at radius 2 is 1.78 bits per heavy atom. The van der Waals surface area contributed by atoms with Crippen molar-refractivity contribution >= 4 is 23.2 Å². The molecule has 6 nitrogen and oxygen atoms in total. The van der Waals surface area contributed by atoms with Gasteiger partial charge in [-0.1, -0.05) is 17.7 Å². The van der Waals surface area contributed by atoms with E-state index in [1.807, 2.05) is 12.1 Å². The highest BCUT2D eigenvalue weighted by molar-refractivity contribution is 6.31. The van der Waals surface area contributed by atoms with Gasteiger partial charge >= 0.3 is 0 Å². The van der Waals surface area contributed by atoms with E-state index in [9.17, 15) is 4.79 Å². The number of carbonyl (C=O) groups is 1. The van der Waals surface area contributed by atoms with Crippen molar-refractivity contribution in [2.24, 2.45) is 0 Å². The van der Waals surface area contributed by atoms with Crippen LogP contribution in [-0.2, 0) is 11.3 Å². The van der Waals surface area contributed by atoms with Gasteiger partial charge in [0.1, 0.15) is 11.5 Å². The van der Waals surface area contributed by atoms with Crippen molar-refractivity contribution in [1.82, 2.24) is 4.90 Å². The first-order valence-corrected chi connectivity index (χ1v) is 9.10. The third kappa shape index (κ3) is 5.13. The first kappa shape index (κ1) is 19.5. The molecular weight excluding hydrogens is 368 g/mol. The first-order valence-electron chi connectivity index (χ1n) is 8.72. The Labute approximate surface area is 164 Å². The molecule has 1 aliphatic heterocycles. The molecule has 1 heterocycles. The number of carbonyl (C=O) groups excluding carboxylic acids is 1. The van der Waals surface area contributed by atoms with Crippen molar-refractivity contribution < 1.29 is 19.0 Å². The number of rotatable bonds is 6. The Balaban J connectivity index is 1.70.